The van der Waals surface area contributed by atoms with Gasteiger partial charge < -0.3 is 24.3 Å². The molecule has 0 atom stereocenters. The zero-order chi connectivity index (χ0) is 55.7. The second-order valence-electron chi connectivity index (χ2n) is 23.2. The number of nitrogens with zero attached hydrogens (tertiary/aromatic N) is 4. The fourth-order valence-corrected chi connectivity index (χ4v) is 14.3. The van der Waals surface area contributed by atoms with Crippen molar-refractivity contribution in [3.05, 3.63) is 263 Å². The van der Waals surface area contributed by atoms with Crippen LogP contribution in [0.4, 0.5) is 68.2 Å². The molecule has 0 bridgehead atoms. The Morgan fingerprint density at radius 1 is 0.293 bits per heavy atom. The third-order valence-electron chi connectivity index (χ3n) is 17.2. The zero-order valence-corrected chi connectivity index (χ0v) is 48.4. The molecule has 0 spiro atoms. The minimum Gasteiger partial charge on any atom is -0.458 e. The van der Waals surface area contributed by atoms with Gasteiger partial charge in [0.25, 0.3) is 13.4 Å². The number of anilines is 12. The summed E-state index contributed by atoms with van der Waals surface area (Å²) in [4.78, 5) is 12.4. The molecule has 82 heavy (non-hydrogen) atoms. The summed E-state index contributed by atoms with van der Waals surface area (Å²) in [5, 5.41) is 0. The van der Waals surface area contributed by atoms with Crippen molar-refractivity contribution in [2.75, 3.05) is 19.6 Å². The Hall–Kier alpha value is -9.10. The van der Waals surface area contributed by atoms with Gasteiger partial charge in [-0.2, -0.15) is 0 Å². The molecular weight excluding hydrogens is 1010 g/mol. The van der Waals surface area contributed by atoms with Gasteiger partial charge in [0, 0.05) is 72.7 Å². The zero-order valence-electron chi connectivity index (χ0n) is 47.5. The van der Waals surface area contributed by atoms with E-state index in [0.717, 1.165) is 68.4 Å². The fourth-order valence-electron chi connectivity index (χ4n) is 13.1. The molecule has 0 radical (unpaired) electrons. The maximum atomic E-state index is 7.17. The van der Waals surface area contributed by atoms with Crippen molar-refractivity contribution >= 4 is 126 Å². The van der Waals surface area contributed by atoms with Gasteiger partial charge in [-0.1, -0.05) is 165 Å². The molecule has 0 saturated carbocycles. The van der Waals surface area contributed by atoms with Gasteiger partial charge in [-0.3, -0.25) is 0 Å². The van der Waals surface area contributed by atoms with Crippen LogP contribution in [0.2, 0.25) is 0 Å². The molecule has 15 rings (SSSR count). The highest BCUT2D eigenvalue weighted by atomic mass is 32.2. The second kappa shape index (κ2) is 19.3. The first-order chi connectivity index (χ1) is 39.9. The summed E-state index contributed by atoms with van der Waals surface area (Å²) in [5.74, 6) is 1.80. The summed E-state index contributed by atoms with van der Waals surface area (Å²) in [6.45, 7) is 17.3. The molecule has 0 amide bonds. The number of rotatable bonds is 8. The van der Waals surface area contributed by atoms with Crippen molar-refractivity contribution in [2.45, 2.75) is 65.2 Å². The number of hydrogen-bond acceptors (Lipinski definition) is 6. The summed E-state index contributed by atoms with van der Waals surface area (Å²) >= 11 is 1.88. The quantitative estimate of drug-likeness (QED) is 0.140. The second-order valence-corrected chi connectivity index (χ2v) is 24.3. The topological polar surface area (TPSA) is 22.2 Å². The standard InChI is InChI=1S/C74H60B2N4OS/c1-45-9-23-53(24-10-45)77(54-25-11-46(2)12-26-54)59-39-67-73-68(40-59)80(58-33-19-50(6)20-34-58)66-44-71-64(43-62(66)75(73)61-37-51(7)21-35-65(61)79(67)57-31-17-49(5)18-32-57)76-63-38-52(8)22-36-69(63)81-70-41-60(42-72(82-71)74(70)76)78(55-27-13-47(3)14-28-55)56-29-15-48(4)16-30-56/h9-44H,1-8H3. The van der Waals surface area contributed by atoms with E-state index < -0.39 is 0 Å². The van der Waals surface area contributed by atoms with Gasteiger partial charge in [0.1, 0.15) is 11.5 Å². The van der Waals surface area contributed by atoms with Crippen molar-refractivity contribution in [2.24, 2.45) is 0 Å². The SMILES string of the molecule is Cc1ccc(N(c2ccc(C)cc2)c2cc3c4c(c2)Sc2cc5c(cc2B4c2cc(C)ccc2O3)B2c3cc(C)ccc3N(c3ccc(C)cc3)c3cc(N(c4ccc(C)cc4)c4ccc(C)cc4)cc(c32)N5c2ccc(C)cc2)cc1. The molecule has 11 aromatic carbocycles. The van der Waals surface area contributed by atoms with Gasteiger partial charge in [0.15, 0.2) is 0 Å². The molecule has 0 N–H and O–H groups in total. The summed E-state index contributed by atoms with van der Waals surface area (Å²) in [6.07, 6.45) is 0. The highest BCUT2D eigenvalue weighted by Gasteiger charge is 2.47. The summed E-state index contributed by atoms with van der Waals surface area (Å²) in [5.41, 5.74) is 30.8. The first-order valence-electron chi connectivity index (χ1n) is 28.6. The number of ether oxygens (including phenoxy) is 1. The van der Waals surface area contributed by atoms with Crippen LogP contribution in [0.3, 0.4) is 0 Å². The lowest BCUT2D eigenvalue weighted by atomic mass is 9.31. The predicted molar refractivity (Wildman–Crippen MR) is 349 cm³/mol. The van der Waals surface area contributed by atoms with E-state index in [4.69, 9.17) is 4.74 Å². The maximum absolute atomic E-state index is 7.17. The lowest BCUT2D eigenvalue weighted by Gasteiger charge is -2.46. The van der Waals surface area contributed by atoms with E-state index >= 15 is 0 Å². The lowest BCUT2D eigenvalue weighted by molar-refractivity contribution is 0.486. The first-order valence-corrected chi connectivity index (χ1v) is 29.4. The number of fused-ring (bicyclic) bond motifs is 8. The normalized spacial score (nSPS) is 13.1. The average molecular weight is 1080 g/mol. The van der Waals surface area contributed by atoms with Crippen LogP contribution >= 0.6 is 11.8 Å². The van der Waals surface area contributed by atoms with Crippen LogP contribution < -0.4 is 57.1 Å². The highest BCUT2D eigenvalue weighted by Crippen LogP contribution is 2.50. The third-order valence-corrected chi connectivity index (χ3v) is 18.3. The Balaban J connectivity index is 1.01. The van der Waals surface area contributed by atoms with E-state index in [9.17, 15) is 0 Å². The number of benzene rings is 11. The van der Waals surface area contributed by atoms with Crippen LogP contribution in [-0.4, -0.2) is 13.4 Å². The van der Waals surface area contributed by atoms with E-state index in [-0.39, 0.29) is 13.4 Å². The monoisotopic (exact) mass is 1070 g/mol. The smallest absolute Gasteiger partial charge is 0.253 e. The Morgan fingerprint density at radius 3 is 1.20 bits per heavy atom. The van der Waals surface area contributed by atoms with Gasteiger partial charge in [-0.15, -0.1) is 0 Å². The van der Waals surface area contributed by atoms with Gasteiger partial charge in [0.05, 0.1) is 11.4 Å². The minimum atomic E-state index is -0.104. The molecule has 0 saturated heterocycles. The lowest BCUT2D eigenvalue weighted by Crippen LogP contribution is -2.64. The average Bonchev–Trinajstić information content (AvgIpc) is 2.74. The van der Waals surface area contributed by atoms with Gasteiger partial charge in [0.2, 0.25) is 0 Å². The Morgan fingerprint density at radius 2 is 0.695 bits per heavy atom. The van der Waals surface area contributed by atoms with Gasteiger partial charge >= 0.3 is 0 Å². The molecule has 8 heteroatoms. The van der Waals surface area contributed by atoms with E-state index in [1.54, 1.807) is 0 Å². The summed E-state index contributed by atoms with van der Waals surface area (Å²) in [7, 11) is 0. The van der Waals surface area contributed by atoms with Crippen LogP contribution in [0.25, 0.3) is 0 Å². The molecular formula is C74H60B2N4OS. The molecule has 4 aliphatic heterocycles. The molecule has 4 aliphatic rings. The van der Waals surface area contributed by atoms with E-state index in [1.165, 1.54) is 98.5 Å². The molecule has 4 heterocycles. The van der Waals surface area contributed by atoms with E-state index in [0.29, 0.717) is 0 Å². The van der Waals surface area contributed by atoms with Crippen LogP contribution in [0, 0.1) is 55.4 Å². The van der Waals surface area contributed by atoms with Crippen molar-refractivity contribution in [3.8, 4) is 11.5 Å². The molecule has 0 unspecified atom stereocenters. The van der Waals surface area contributed by atoms with Crippen molar-refractivity contribution < 1.29 is 4.74 Å². The van der Waals surface area contributed by atoms with Crippen LogP contribution in [0.15, 0.2) is 228 Å². The third kappa shape index (κ3) is 8.25. The maximum Gasteiger partial charge on any atom is 0.253 e. The molecule has 0 aliphatic carbocycles. The number of hydrogen-bond donors (Lipinski definition) is 0. The molecule has 0 fully saturated rings. The van der Waals surface area contributed by atoms with Gasteiger partial charge in [-0.25, -0.2) is 0 Å². The molecule has 394 valence electrons. The first kappa shape index (κ1) is 49.9. The van der Waals surface area contributed by atoms with Crippen molar-refractivity contribution in [1.82, 2.24) is 0 Å². The van der Waals surface area contributed by atoms with E-state index in [2.05, 4.69) is 293 Å². The van der Waals surface area contributed by atoms with Crippen molar-refractivity contribution in [3.63, 3.8) is 0 Å². The van der Waals surface area contributed by atoms with Crippen LogP contribution in [-0.2, 0) is 0 Å². The van der Waals surface area contributed by atoms with Gasteiger partial charge in [-0.05, 0) is 192 Å². The Bertz CT molecular complexity index is 4280. The Kier molecular flexibility index (Phi) is 11.7. The molecule has 5 nitrogen and oxygen atoms in total. The van der Waals surface area contributed by atoms with E-state index in [1.807, 2.05) is 11.8 Å². The minimum absolute atomic E-state index is 0.0743. The summed E-state index contributed by atoms with van der Waals surface area (Å²) in [6, 6.07) is 82.6. The summed E-state index contributed by atoms with van der Waals surface area (Å²) < 4.78 is 7.17. The Labute approximate surface area is 487 Å². The fraction of sp³-hybridized carbons (Fsp3) is 0.108. The predicted octanol–water partition coefficient (Wildman–Crippen LogP) is 16.3. The highest BCUT2D eigenvalue weighted by molar-refractivity contribution is 8.00. The largest absolute Gasteiger partial charge is 0.458 e. The number of aryl methyl sites for hydroxylation is 8. The van der Waals surface area contributed by atoms with Crippen LogP contribution in [0.1, 0.15) is 44.5 Å². The molecule has 11 aromatic rings. The molecule has 0 aromatic heterocycles. The van der Waals surface area contributed by atoms with Crippen molar-refractivity contribution in [1.29, 1.82) is 0 Å². The van der Waals surface area contributed by atoms with Crippen LogP contribution in [0.5, 0.6) is 11.5 Å².